The highest BCUT2D eigenvalue weighted by molar-refractivity contribution is 5.86. The molecule has 0 aliphatic heterocycles. The predicted molar refractivity (Wildman–Crippen MR) is 70.6 cm³/mol. The molecule has 1 aromatic carbocycles. The summed E-state index contributed by atoms with van der Waals surface area (Å²) in [6, 6.07) is 12.3. The number of fused-ring (bicyclic) bond motifs is 1. The highest BCUT2D eigenvalue weighted by atomic mass is 15.0. The normalized spacial score (nSPS) is 10.9. The van der Waals surface area contributed by atoms with Gasteiger partial charge in [0.25, 0.3) is 0 Å². The van der Waals surface area contributed by atoms with E-state index in [1.54, 1.807) is 0 Å². The number of rotatable bonds is 1. The van der Waals surface area contributed by atoms with Crippen LogP contribution in [0.1, 0.15) is 0 Å². The Kier molecular flexibility index (Phi) is 2.11. The van der Waals surface area contributed by atoms with Gasteiger partial charge in [-0.25, -0.2) is 0 Å². The second-order valence-electron chi connectivity index (χ2n) is 4.14. The molecular weight excluding hydrogens is 210 g/mol. The third-order valence-electron chi connectivity index (χ3n) is 3.10. The van der Waals surface area contributed by atoms with E-state index in [0.29, 0.717) is 0 Å². The number of pyridine rings is 1. The Morgan fingerprint density at radius 2 is 1.94 bits per heavy atom. The second kappa shape index (κ2) is 3.63. The summed E-state index contributed by atoms with van der Waals surface area (Å²) in [6.45, 7) is 0. The third kappa shape index (κ3) is 1.56. The summed E-state index contributed by atoms with van der Waals surface area (Å²) in [4.78, 5) is 4.11. The van der Waals surface area contributed by atoms with Gasteiger partial charge in [-0.2, -0.15) is 0 Å². The minimum atomic E-state index is 0.773. The fourth-order valence-corrected chi connectivity index (χ4v) is 2.06. The second-order valence-corrected chi connectivity index (χ2v) is 4.14. The van der Waals surface area contributed by atoms with Crippen molar-refractivity contribution in [2.45, 2.75) is 0 Å². The van der Waals surface area contributed by atoms with Crippen molar-refractivity contribution in [3.63, 3.8) is 0 Å². The molecule has 0 bridgehead atoms. The topological polar surface area (TPSA) is 43.8 Å². The van der Waals surface area contributed by atoms with Crippen LogP contribution in [0, 0.1) is 0 Å². The number of benzene rings is 1. The standard InChI is InChI=1S/C14H13N3/c1-17-13(4-5-14(17)15)11-2-3-12-9-16-7-6-10(12)8-11/h2-9H,15H2,1H3. The molecule has 0 atom stereocenters. The van der Waals surface area contributed by atoms with Crippen LogP contribution < -0.4 is 5.73 Å². The van der Waals surface area contributed by atoms with Crippen molar-refractivity contribution in [2.75, 3.05) is 5.73 Å². The lowest BCUT2D eigenvalue weighted by molar-refractivity contribution is 0.951. The summed E-state index contributed by atoms with van der Waals surface area (Å²) in [5.74, 6) is 0.773. The van der Waals surface area contributed by atoms with Gasteiger partial charge in [-0.1, -0.05) is 12.1 Å². The Balaban J connectivity index is 2.21. The number of nitrogen functional groups attached to an aromatic ring is 1. The van der Waals surface area contributed by atoms with Crippen molar-refractivity contribution < 1.29 is 0 Å². The first-order valence-electron chi connectivity index (χ1n) is 5.51. The van der Waals surface area contributed by atoms with Crippen LogP contribution in [0.15, 0.2) is 48.8 Å². The van der Waals surface area contributed by atoms with E-state index >= 15 is 0 Å². The SMILES string of the molecule is Cn1c(N)ccc1-c1ccc2cnccc2c1. The van der Waals surface area contributed by atoms with Crippen molar-refractivity contribution in [2.24, 2.45) is 7.05 Å². The van der Waals surface area contributed by atoms with Gasteiger partial charge in [0.1, 0.15) is 5.82 Å². The van der Waals surface area contributed by atoms with Crippen LogP contribution in [0.4, 0.5) is 5.82 Å². The summed E-state index contributed by atoms with van der Waals surface area (Å²) in [6.07, 6.45) is 3.68. The molecule has 84 valence electrons. The van der Waals surface area contributed by atoms with E-state index in [1.165, 1.54) is 10.9 Å². The van der Waals surface area contributed by atoms with E-state index in [2.05, 4.69) is 23.2 Å². The molecule has 17 heavy (non-hydrogen) atoms. The highest BCUT2D eigenvalue weighted by Gasteiger charge is 2.05. The van der Waals surface area contributed by atoms with E-state index in [9.17, 15) is 0 Å². The van der Waals surface area contributed by atoms with Gasteiger partial charge < -0.3 is 10.3 Å². The Bertz CT molecular complexity index is 683. The number of nitrogens with two attached hydrogens (primary N) is 1. The summed E-state index contributed by atoms with van der Waals surface area (Å²) < 4.78 is 1.99. The van der Waals surface area contributed by atoms with Gasteiger partial charge in [-0.3, -0.25) is 4.98 Å². The predicted octanol–water partition coefficient (Wildman–Crippen LogP) is 2.82. The van der Waals surface area contributed by atoms with Gasteiger partial charge in [0.05, 0.1) is 0 Å². The van der Waals surface area contributed by atoms with E-state index in [-0.39, 0.29) is 0 Å². The van der Waals surface area contributed by atoms with E-state index in [1.807, 2.05) is 42.2 Å². The molecule has 2 N–H and O–H groups in total. The van der Waals surface area contributed by atoms with Crippen LogP contribution in [-0.4, -0.2) is 9.55 Å². The first kappa shape index (κ1) is 9.90. The Morgan fingerprint density at radius 1 is 1.06 bits per heavy atom. The molecule has 0 aliphatic rings. The lowest BCUT2D eigenvalue weighted by Crippen LogP contribution is -1.97. The average Bonchev–Trinajstić information content (AvgIpc) is 2.70. The molecule has 3 nitrogen and oxygen atoms in total. The maximum atomic E-state index is 5.84. The maximum Gasteiger partial charge on any atom is 0.103 e. The lowest BCUT2D eigenvalue weighted by atomic mass is 10.1. The molecule has 0 saturated carbocycles. The van der Waals surface area contributed by atoms with Gasteiger partial charge >= 0.3 is 0 Å². The molecule has 3 aromatic rings. The van der Waals surface area contributed by atoms with Crippen LogP contribution in [0.5, 0.6) is 0 Å². The molecule has 0 fully saturated rings. The minimum absolute atomic E-state index is 0.773. The number of nitrogens with zero attached hydrogens (tertiary/aromatic N) is 2. The fourth-order valence-electron chi connectivity index (χ4n) is 2.06. The molecule has 0 aliphatic carbocycles. The van der Waals surface area contributed by atoms with Gasteiger partial charge in [-0.05, 0) is 35.2 Å². The van der Waals surface area contributed by atoms with Gasteiger partial charge in [0, 0.05) is 30.5 Å². The van der Waals surface area contributed by atoms with Gasteiger partial charge in [0.2, 0.25) is 0 Å². The average molecular weight is 223 g/mol. The van der Waals surface area contributed by atoms with Crippen molar-refractivity contribution in [3.05, 3.63) is 48.8 Å². The summed E-state index contributed by atoms with van der Waals surface area (Å²) in [5.41, 5.74) is 8.14. The summed E-state index contributed by atoms with van der Waals surface area (Å²) >= 11 is 0. The molecule has 3 rings (SSSR count). The van der Waals surface area contributed by atoms with Crippen LogP contribution in [0.3, 0.4) is 0 Å². The number of anilines is 1. The molecular formula is C14H13N3. The molecule has 0 radical (unpaired) electrons. The van der Waals surface area contributed by atoms with Crippen LogP contribution in [0.25, 0.3) is 22.0 Å². The van der Waals surface area contributed by atoms with Crippen LogP contribution in [0.2, 0.25) is 0 Å². The number of aromatic nitrogens is 2. The Hall–Kier alpha value is -2.29. The third-order valence-corrected chi connectivity index (χ3v) is 3.10. The van der Waals surface area contributed by atoms with Crippen molar-refractivity contribution in [1.29, 1.82) is 0 Å². The monoisotopic (exact) mass is 223 g/mol. The molecule has 2 aromatic heterocycles. The van der Waals surface area contributed by atoms with Gasteiger partial charge in [0.15, 0.2) is 0 Å². The smallest absolute Gasteiger partial charge is 0.103 e. The van der Waals surface area contributed by atoms with E-state index < -0.39 is 0 Å². The number of hydrogen-bond acceptors (Lipinski definition) is 2. The minimum Gasteiger partial charge on any atom is -0.385 e. The van der Waals surface area contributed by atoms with Gasteiger partial charge in [-0.15, -0.1) is 0 Å². The lowest BCUT2D eigenvalue weighted by Gasteiger charge is -2.06. The first-order chi connectivity index (χ1) is 8.25. The molecule has 0 unspecified atom stereocenters. The molecule has 0 amide bonds. The van der Waals surface area contributed by atoms with Crippen LogP contribution in [-0.2, 0) is 7.05 Å². The molecule has 0 saturated heterocycles. The fraction of sp³-hybridized carbons (Fsp3) is 0.0714. The maximum absolute atomic E-state index is 5.84. The largest absolute Gasteiger partial charge is 0.385 e. The summed E-state index contributed by atoms with van der Waals surface area (Å²) in [7, 11) is 1.97. The zero-order valence-electron chi connectivity index (χ0n) is 9.59. The zero-order valence-corrected chi connectivity index (χ0v) is 9.59. The van der Waals surface area contributed by atoms with E-state index in [4.69, 9.17) is 5.73 Å². The zero-order chi connectivity index (χ0) is 11.8. The molecule has 0 spiro atoms. The Morgan fingerprint density at radius 3 is 2.71 bits per heavy atom. The van der Waals surface area contributed by atoms with Crippen molar-refractivity contribution in [3.8, 4) is 11.3 Å². The Labute approximate surface area is 99.5 Å². The number of hydrogen-bond donors (Lipinski definition) is 1. The van der Waals surface area contributed by atoms with E-state index in [0.717, 1.165) is 16.9 Å². The van der Waals surface area contributed by atoms with Crippen LogP contribution >= 0.6 is 0 Å². The van der Waals surface area contributed by atoms with Crippen molar-refractivity contribution in [1.82, 2.24) is 9.55 Å². The molecule has 3 heteroatoms. The quantitative estimate of drug-likeness (QED) is 0.689. The first-order valence-corrected chi connectivity index (χ1v) is 5.51. The highest BCUT2D eigenvalue weighted by Crippen LogP contribution is 2.25. The summed E-state index contributed by atoms with van der Waals surface area (Å²) in [5, 5.41) is 2.34. The van der Waals surface area contributed by atoms with Crippen molar-refractivity contribution >= 4 is 16.6 Å². The molecule has 2 heterocycles.